The number of benzene rings is 2. The van der Waals surface area contributed by atoms with Crippen LogP contribution >= 0.6 is 23.2 Å². The third-order valence-electron chi connectivity index (χ3n) is 3.54. The van der Waals surface area contributed by atoms with Gasteiger partial charge in [0.2, 0.25) is 0 Å². The average Bonchev–Trinajstić information content (AvgIpc) is 2.49. The van der Waals surface area contributed by atoms with E-state index in [0.717, 1.165) is 11.3 Å². The van der Waals surface area contributed by atoms with Crippen molar-refractivity contribution in [2.24, 2.45) is 0 Å². The molecule has 0 heterocycles. The maximum Gasteiger partial charge on any atom is 0.119 e. The molecule has 2 aromatic carbocycles. The Hall–Kier alpha value is -1.22. The maximum absolute atomic E-state index is 6.07. The Morgan fingerprint density at radius 3 is 2.19 bits per heavy atom. The molecule has 0 amide bonds. The molecule has 2 nitrogen and oxygen atoms in total. The molecule has 112 valence electrons. The Morgan fingerprint density at radius 2 is 1.57 bits per heavy atom. The molecular weight excluding hydrogens is 305 g/mol. The van der Waals surface area contributed by atoms with Crippen LogP contribution < -0.4 is 10.1 Å². The van der Waals surface area contributed by atoms with E-state index in [2.05, 4.69) is 25.2 Å². The normalized spacial score (nSPS) is 13.8. The van der Waals surface area contributed by atoms with Gasteiger partial charge in [-0.2, -0.15) is 0 Å². The van der Waals surface area contributed by atoms with Crippen molar-refractivity contribution in [3.63, 3.8) is 0 Å². The van der Waals surface area contributed by atoms with Crippen LogP contribution in [0.4, 0.5) is 0 Å². The molecule has 0 fully saturated rings. The first kappa shape index (κ1) is 16.2. The molecule has 0 saturated carbocycles. The van der Waals surface area contributed by atoms with E-state index in [-0.39, 0.29) is 12.1 Å². The summed E-state index contributed by atoms with van der Waals surface area (Å²) in [6, 6.07) is 14.2. The fraction of sp³-hybridized carbons (Fsp3) is 0.294. The highest BCUT2D eigenvalue weighted by molar-refractivity contribution is 6.42. The summed E-state index contributed by atoms with van der Waals surface area (Å²) in [6.07, 6.45) is 0. The van der Waals surface area contributed by atoms with Gasteiger partial charge in [0, 0.05) is 12.1 Å². The van der Waals surface area contributed by atoms with E-state index < -0.39 is 0 Å². The van der Waals surface area contributed by atoms with Crippen LogP contribution in [-0.2, 0) is 0 Å². The van der Waals surface area contributed by atoms with Gasteiger partial charge in [0.1, 0.15) is 5.75 Å². The molecule has 0 aliphatic rings. The second kappa shape index (κ2) is 7.17. The standard InChI is InChI=1S/C17H19Cl2NO/c1-11(13-5-4-6-15(9-13)21-3)20-12(2)14-7-8-16(18)17(19)10-14/h4-12,20H,1-3H3. The summed E-state index contributed by atoms with van der Waals surface area (Å²) in [7, 11) is 1.68. The van der Waals surface area contributed by atoms with Gasteiger partial charge in [-0.15, -0.1) is 0 Å². The van der Waals surface area contributed by atoms with Gasteiger partial charge < -0.3 is 10.1 Å². The highest BCUT2D eigenvalue weighted by Crippen LogP contribution is 2.27. The minimum absolute atomic E-state index is 0.168. The highest BCUT2D eigenvalue weighted by atomic mass is 35.5. The highest BCUT2D eigenvalue weighted by Gasteiger charge is 2.12. The Balaban J connectivity index is 2.10. The molecular formula is C17H19Cl2NO. The van der Waals surface area contributed by atoms with E-state index in [1.807, 2.05) is 36.4 Å². The smallest absolute Gasteiger partial charge is 0.119 e. The third-order valence-corrected chi connectivity index (χ3v) is 4.28. The zero-order chi connectivity index (χ0) is 15.4. The lowest BCUT2D eigenvalue weighted by atomic mass is 10.0. The molecule has 0 saturated heterocycles. The predicted octanol–water partition coefficient (Wildman–Crippen LogP) is 5.41. The van der Waals surface area contributed by atoms with E-state index in [0.29, 0.717) is 10.0 Å². The molecule has 2 aromatic rings. The van der Waals surface area contributed by atoms with Crippen molar-refractivity contribution in [3.8, 4) is 5.75 Å². The van der Waals surface area contributed by atoms with Gasteiger partial charge in [-0.1, -0.05) is 41.4 Å². The second-order valence-electron chi connectivity index (χ2n) is 5.06. The summed E-state index contributed by atoms with van der Waals surface area (Å²) in [5, 5.41) is 4.71. The molecule has 21 heavy (non-hydrogen) atoms. The van der Waals surface area contributed by atoms with Crippen LogP contribution in [-0.4, -0.2) is 7.11 Å². The summed E-state index contributed by atoms with van der Waals surface area (Å²) in [6.45, 7) is 4.24. The lowest BCUT2D eigenvalue weighted by Gasteiger charge is -2.21. The van der Waals surface area contributed by atoms with Crippen molar-refractivity contribution in [1.82, 2.24) is 5.32 Å². The minimum Gasteiger partial charge on any atom is -0.497 e. The lowest BCUT2D eigenvalue weighted by molar-refractivity contribution is 0.412. The quantitative estimate of drug-likeness (QED) is 0.793. The zero-order valence-electron chi connectivity index (χ0n) is 12.4. The molecule has 0 aromatic heterocycles. The number of halogens is 2. The van der Waals surface area contributed by atoms with Crippen molar-refractivity contribution in [2.75, 3.05) is 7.11 Å². The Labute approximate surface area is 136 Å². The Morgan fingerprint density at radius 1 is 0.905 bits per heavy atom. The van der Waals surface area contributed by atoms with E-state index in [9.17, 15) is 0 Å². The van der Waals surface area contributed by atoms with Gasteiger partial charge in [-0.25, -0.2) is 0 Å². The molecule has 0 radical (unpaired) electrons. The summed E-state index contributed by atoms with van der Waals surface area (Å²) < 4.78 is 5.26. The minimum atomic E-state index is 0.168. The van der Waals surface area contributed by atoms with Gasteiger partial charge >= 0.3 is 0 Å². The maximum atomic E-state index is 6.07. The van der Waals surface area contributed by atoms with Crippen molar-refractivity contribution >= 4 is 23.2 Å². The van der Waals surface area contributed by atoms with Crippen LogP contribution in [0, 0.1) is 0 Å². The van der Waals surface area contributed by atoms with Crippen LogP contribution in [0.25, 0.3) is 0 Å². The number of hydrogen-bond acceptors (Lipinski definition) is 2. The van der Waals surface area contributed by atoms with Crippen molar-refractivity contribution in [3.05, 3.63) is 63.6 Å². The van der Waals surface area contributed by atoms with Crippen LogP contribution in [0.15, 0.2) is 42.5 Å². The third kappa shape index (κ3) is 4.13. The van der Waals surface area contributed by atoms with Gasteiger partial charge in [0.25, 0.3) is 0 Å². The molecule has 4 heteroatoms. The van der Waals surface area contributed by atoms with Crippen LogP contribution in [0.5, 0.6) is 5.75 Å². The number of rotatable bonds is 5. The second-order valence-corrected chi connectivity index (χ2v) is 5.87. The lowest BCUT2D eigenvalue weighted by Crippen LogP contribution is -2.22. The zero-order valence-corrected chi connectivity index (χ0v) is 13.9. The molecule has 0 bridgehead atoms. The van der Waals surface area contributed by atoms with Gasteiger partial charge in [0.15, 0.2) is 0 Å². The number of ether oxygens (including phenoxy) is 1. The first-order chi connectivity index (χ1) is 10.0. The van der Waals surface area contributed by atoms with Crippen molar-refractivity contribution in [1.29, 1.82) is 0 Å². The van der Waals surface area contributed by atoms with Gasteiger partial charge in [0.05, 0.1) is 17.2 Å². The van der Waals surface area contributed by atoms with Crippen LogP contribution in [0.1, 0.15) is 37.1 Å². The average molecular weight is 324 g/mol. The molecule has 1 N–H and O–H groups in total. The first-order valence-corrected chi connectivity index (χ1v) is 7.62. The van der Waals surface area contributed by atoms with Gasteiger partial charge in [-0.3, -0.25) is 0 Å². The fourth-order valence-corrected chi connectivity index (χ4v) is 2.57. The van der Waals surface area contributed by atoms with Gasteiger partial charge in [-0.05, 0) is 49.2 Å². The summed E-state index contributed by atoms with van der Waals surface area (Å²) in [5.74, 6) is 0.864. The monoisotopic (exact) mass is 323 g/mol. The van der Waals surface area contributed by atoms with Crippen molar-refractivity contribution in [2.45, 2.75) is 25.9 Å². The van der Waals surface area contributed by atoms with Crippen LogP contribution in [0.3, 0.4) is 0 Å². The van der Waals surface area contributed by atoms with E-state index in [1.165, 1.54) is 5.56 Å². The topological polar surface area (TPSA) is 21.3 Å². The fourth-order valence-electron chi connectivity index (χ4n) is 2.26. The summed E-state index contributed by atoms with van der Waals surface area (Å²) in [5.41, 5.74) is 2.29. The number of methoxy groups -OCH3 is 1. The summed E-state index contributed by atoms with van der Waals surface area (Å²) >= 11 is 12.0. The molecule has 2 rings (SSSR count). The number of nitrogens with one attached hydrogen (secondary N) is 1. The predicted molar refractivity (Wildman–Crippen MR) is 89.4 cm³/mol. The van der Waals surface area contributed by atoms with Crippen molar-refractivity contribution < 1.29 is 4.74 Å². The molecule has 2 unspecified atom stereocenters. The van der Waals surface area contributed by atoms with E-state index in [1.54, 1.807) is 7.11 Å². The SMILES string of the molecule is COc1cccc(C(C)NC(C)c2ccc(Cl)c(Cl)c2)c1. The van der Waals surface area contributed by atoms with E-state index in [4.69, 9.17) is 27.9 Å². The largest absolute Gasteiger partial charge is 0.497 e. The Bertz CT molecular complexity index is 615. The molecule has 2 atom stereocenters. The van der Waals surface area contributed by atoms with E-state index >= 15 is 0 Å². The molecule has 0 aliphatic carbocycles. The molecule has 0 spiro atoms. The first-order valence-electron chi connectivity index (χ1n) is 6.86. The Kier molecular flexibility index (Phi) is 5.51. The number of hydrogen-bond donors (Lipinski definition) is 1. The summed E-state index contributed by atoms with van der Waals surface area (Å²) in [4.78, 5) is 0. The van der Waals surface area contributed by atoms with Crippen LogP contribution in [0.2, 0.25) is 10.0 Å². The molecule has 0 aliphatic heterocycles.